The molecule has 1 aromatic rings. The monoisotopic (exact) mass is 249 g/mol. The third-order valence-electron chi connectivity index (χ3n) is 3.00. The Kier molecular flexibility index (Phi) is 5.49. The van der Waals surface area contributed by atoms with Crippen LogP contribution >= 0.6 is 0 Å². The number of methoxy groups -OCH3 is 1. The molecule has 1 rings (SSSR count). The molecule has 0 atom stereocenters. The first kappa shape index (κ1) is 14.4. The summed E-state index contributed by atoms with van der Waals surface area (Å²) < 4.78 is 5.23. The van der Waals surface area contributed by atoms with Crippen molar-refractivity contribution in [3.63, 3.8) is 0 Å². The molecule has 3 N–H and O–H groups in total. The molecule has 0 amide bonds. The fourth-order valence-corrected chi connectivity index (χ4v) is 1.90. The van der Waals surface area contributed by atoms with E-state index in [0.29, 0.717) is 0 Å². The minimum absolute atomic E-state index is 0.0926. The number of hydrogen-bond acceptors (Lipinski definition) is 3. The Balaban J connectivity index is 2.92. The van der Waals surface area contributed by atoms with Gasteiger partial charge in [-0.05, 0) is 18.6 Å². The minimum atomic E-state index is 0.0926. The lowest BCUT2D eigenvalue weighted by molar-refractivity contribution is 0.415. The fourth-order valence-electron chi connectivity index (χ4n) is 1.90. The van der Waals surface area contributed by atoms with Gasteiger partial charge in [0.1, 0.15) is 11.6 Å². The number of rotatable bonds is 7. The Morgan fingerprint density at radius 3 is 2.67 bits per heavy atom. The van der Waals surface area contributed by atoms with Gasteiger partial charge < -0.3 is 15.4 Å². The number of nitrogens with one attached hydrogen (secondary N) is 1. The van der Waals surface area contributed by atoms with Crippen LogP contribution in [0.5, 0.6) is 5.75 Å². The first-order chi connectivity index (χ1) is 8.60. The number of amidine groups is 1. The summed E-state index contributed by atoms with van der Waals surface area (Å²) in [6.45, 7) is 3.15. The van der Waals surface area contributed by atoms with Gasteiger partial charge in [0, 0.05) is 25.2 Å². The maximum atomic E-state index is 7.62. The Hall–Kier alpha value is -1.71. The van der Waals surface area contributed by atoms with E-state index < -0.39 is 0 Å². The van der Waals surface area contributed by atoms with Gasteiger partial charge in [0.05, 0.1) is 12.8 Å². The van der Waals surface area contributed by atoms with E-state index in [1.807, 2.05) is 25.2 Å². The van der Waals surface area contributed by atoms with Gasteiger partial charge in [-0.3, -0.25) is 5.41 Å². The Bertz CT molecular complexity index is 404. The summed E-state index contributed by atoms with van der Waals surface area (Å²) in [6, 6.07) is 5.61. The van der Waals surface area contributed by atoms with E-state index in [2.05, 4.69) is 11.8 Å². The second-order valence-corrected chi connectivity index (χ2v) is 4.43. The molecule has 0 saturated carbocycles. The lowest BCUT2D eigenvalue weighted by Crippen LogP contribution is -2.23. The first-order valence-corrected chi connectivity index (χ1v) is 6.33. The van der Waals surface area contributed by atoms with Crippen molar-refractivity contribution in [2.75, 3.05) is 25.6 Å². The number of benzene rings is 1. The normalized spacial score (nSPS) is 10.2. The molecule has 0 aliphatic rings. The van der Waals surface area contributed by atoms with Gasteiger partial charge in [-0.15, -0.1) is 0 Å². The Labute approximate surface area is 109 Å². The third-order valence-corrected chi connectivity index (χ3v) is 3.00. The van der Waals surface area contributed by atoms with Gasteiger partial charge in [0.25, 0.3) is 0 Å². The number of hydrogen-bond donors (Lipinski definition) is 2. The fraction of sp³-hybridized carbons (Fsp3) is 0.500. The SMILES string of the molecule is CCCCCN(C)c1cc(OC)ccc1C(=N)N. The molecule has 0 bridgehead atoms. The van der Waals surface area contributed by atoms with E-state index in [4.69, 9.17) is 15.9 Å². The predicted octanol–water partition coefficient (Wildman–Crippen LogP) is 2.61. The van der Waals surface area contributed by atoms with Crippen molar-refractivity contribution in [2.24, 2.45) is 5.73 Å². The van der Waals surface area contributed by atoms with Crippen LogP contribution in [0.1, 0.15) is 31.7 Å². The number of unbranched alkanes of at least 4 members (excludes halogenated alkanes) is 2. The number of nitrogen functional groups attached to an aromatic ring is 1. The average molecular weight is 249 g/mol. The Morgan fingerprint density at radius 1 is 1.39 bits per heavy atom. The van der Waals surface area contributed by atoms with Crippen molar-refractivity contribution in [3.05, 3.63) is 23.8 Å². The summed E-state index contributed by atoms with van der Waals surface area (Å²) in [5, 5.41) is 7.62. The van der Waals surface area contributed by atoms with Crippen molar-refractivity contribution in [3.8, 4) is 5.75 Å². The van der Waals surface area contributed by atoms with Crippen molar-refractivity contribution >= 4 is 11.5 Å². The smallest absolute Gasteiger partial charge is 0.124 e. The maximum Gasteiger partial charge on any atom is 0.124 e. The number of anilines is 1. The number of nitrogens with two attached hydrogens (primary N) is 1. The highest BCUT2D eigenvalue weighted by Crippen LogP contribution is 2.25. The highest BCUT2D eigenvalue weighted by molar-refractivity contribution is 6.00. The molecule has 0 radical (unpaired) electrons. The zero-order valence-electron chi connectivity index (χ0n) is 11.5. The lowest BCUT2D eigenvalue weighted by atomic mass is 10.1. The van der Waals surface area contributed by atoms with E-state index >= 15 is 0 Å². The summed E-state index contributed by atoms with van der Waals surface area (Å²) in [5.74, 6) is 0.882. The first-order valence-electron chi connectivity index (χ1n) is 6.33. The van der Waals surface area contributed by atoms with Crippen LogP contribution in [-0.4, -0.2) is 26.5 Å². The maximum absolute atomic E-state index is 7.62. The largest absolute Gasteiger partial charge is 0.497 e. The Morgan fingerprint density at radius 2 is 2.11 bits per heavy atom. The summed E-state index contributed by atoms with van der Waals surface area (Å²) in [5.41, 5.74) is 7.33. The zero-order chi connectivity index (χ0) is 13.5. The predicted molar refractivity (Wildman–Crippen MR) is 76.8 cm³/mol. The van der Waals surface area contributed by atoms with Crippen LogP contribution in [0.4, 0.5) is 5.69 Å². The quantitative estimate of drug-likeness (QED) is 0.443. The molecule has 100 valence electrons. The summed E-state index contributed by atoms with van der Waals surface area (Å²) >= 11 is 0. The van der Waals surface area contributed by atoms with E-state index in [-0.39, 0.29) is 5.84 Å². The molecule has 0 fully saturated rings. The molecule has 0 aliphatic heterocycles. The van der Waals surface area contributed by atoms with E-state index in [0.717, 1.165) is 30.0 Å². The molecule has 4 nitrogen and oxygen atoms in total. The molecule has 4 heteroatoms. The number of nitrogens with zero attached hydrogens (tertiary/aromatic N) is 1. The molecule has 0 saturated heterocycles. The van der Waals surface area contributed by atoms with E-state index in [1.54, 1.807) is 7.11 Å². The topological polar surface area (TPSA) is 62.3 Å². The van der Waals surface area contributed by atoms with Crippen molar-refractivity contribution in [1.29, 1.82) is 5.41 Å². The van der Waals surface area contributed by atoms with Crippen LogP contribution < -0.4 is 15.4 Å². The second-order valence-electron chi connectivity index (χ2n) is 4.43. The van der Waals surface area contributed by atoms with Crippen molar-refractivity contribution < 1.29 is 4.74 Å². The molecule has 1 aromatic carbocycles. The lowest BCUT2D eigenvalue weighted by Gasteiger charge is -2.22. The van der Waals surface area contributed by atoms with Gasteiger partial charge in [0.15, 0.2) is 0 Å². The summed E-state index contributed by atoms with van der Waals surface area (Å²) in [6.07, 6.45) is 3.55. The number of ether oxygens (including phenoxy) is 1. The average Bonchev–Trinajstić information content (AvgIpc) is 2.38. The van der Waals surface area contributed by atoms with Crippen molar-refractivity contribution in [1.82, 2.24) is 0 Å². The van der Waals surface area contributed by atoms with Crippen LogP contribution in [0, 0.1) is 5.41 Å². The summed E-state index contributed by atoms with van der Waals surface area (Å²) in [7, 11) is 3.67. The standard InChI is InChI=1S/C14H23N3O/c1-4-5-6-9-17(2)13-10-11(18-3)7-8-12(13)14(15)16/h7-8,10H,4-6,9H2,1-3H3,(H3,15,16). The van der Waals surface area contributed by atoms with Crippen LogP contribution in [0.15, 0.2) is 18.2 Å². The third kappa shape index (κ3) is 3.65. The van der Waals surface area contributed by atoms with E-state index in [9.17, 15) is 0 Å². The molecule has 18 heavy (non-hydrogen) atoms. The zero-order valence-corrected chi connectivity index (χ0v) is 11.5. The van der Waals surface area contributed by atoms with Crippen LogP contribution in [-0.2, 0) is 0 Å². The van der Waals surface area contributed by atoms with Gasteiger partial charge >= 0.3 is 0 Å². The molecule has 0 unspecified atom stereocenters. The van der Waals surface area contributed by atoms with Gasteiger partial charge in [-0.2, -0.15) is 0 Å². The van der Waals surface area contributed by atoms with Crippen LogP contribution in [0.2, 0.25) is 0 Å². The highest BCUT2D eigenvalue weighted by atomic mass is 16.5. The van der Waals surface area contributed by atoms with Crippen LogP contribution in [0.25, 0.3) is 0 Å². The highest BCUT2D eigenvalue weighted by Gasteiger charge is 2.11. The summed E-state index contributed by atoms with van der Waals surface area (Å²) in [4.78, 5) is 2.13. The second kappa shape index (κ2) is 6.89. The van der Waals surface area contributed by atoms with Gasteiger partial charge in [0.2, 0.25) is 0 Å². The molecule has 0 heterocycles. The van der Waals surface area contributed by atoms with E-state index in [1.165, 1.54) is 12.8 Å². The van der Waals surface area contributed by atoms with Gasteiger partial charge in [-0.25, -0.2) is 0 Å². The molecular weight excluding hydrogens is 226 g/mol. The molecule has 0 aromatic heterocycles. The van der Waals surface area contributed by atoms with Gasteiger partial charge in [-0.1, -0.05) is 19.8 Å². The molecular formula is C14H23N3O. The van der Waals surface area contributed by atoms with Crippen LogP contribution in [0.3, 0.4) is 0 Å². The molecule has 0 aliphatic carbocycles. The minimum Gasteiger partial charge on any atom is -0.497 e. The molecule has 0 spiro atoms. The van der Waals surface area contributed by atoms with Crippen molar-refractivity contribution in [2.45, 2.75) is 26.2 Å².